The normalized spacial score (nSPS) is 16.4. The molecule has 98 valence electrons. The van der Waals surface area contributed by atoms with Crippen molar-refractivity contribution in [2.45, 2.75) is 19.8 Å². The van der Waals surface area contributed by atoms with Gasteiger partial charge in [0.2, 0.25) is 6.41 Å². The van der Waals surface area contributed by atoms with Gasteiger partial charge in [0, 0.05) is 13.1 Å². The second-order valence-electron chi connectivity index (χ2n) is 4.20. The standard InChI is InChI=1S/C12H16ClN3OS/c1-2-5-16-6-3-4-9(7-16)10-11(13)18-12(15-10)14-8-17/h4,8H,2-3,5-7H2,1H3,(H,14,15,17). The molecule has 0 bridgehead atoms. The Kier molecular flexibility index (Phi) is 4.74. The Morgan fingerprint density at radius 1 is 1.67 bits per heavy atom. The average molecular weight is 286 g/mol. The van der Waals surface area contributed by atoms with E-state index in [1.165, 1.54) is 11.3 Å². The van der Waals surface area contributed by atoms with Gasteiger partial charge in [0.25, 0.3) is 0 Å². The summed E-state index contributed by atoms with van der Waals surface area (Å²) in [7, 11) is 0. The van der Waals surface area contributed by atoms with Gasteiger partial charge in [0.1, 0.15) is 4.34 Å². The molecule has 0 atom stereocenters. The predicted octanol–water partition coefficient (Wildman–Crippen LogP) is 2.86. The molecule has 0 saturated heterocycles. The van der Waals surface area contributed by atoms with Crippen molar-refractivity contribution in [3.05, 3.63) is 16.1 Å². The number of rotatable bonds is 5. The molecule has 1 aliphatic heterocycles. The first-order valence-corrected chi connectivity index (χ1v) is 7.22. The van der Waals surface area contributed by atoms with E-state index in [1.54, 1.807) is 0 Å². The molecule has 0 saturated carbocycles. The van der Waals surface area contributed by atoms with E-state index in [0.717, 1.165) is 43.7 Å². The monoisotopic (exact) mass is 285 g/mol. The summed E-state index contributed by atoms with van der Waals surface area (Å²) in [6.45, 7) is 5.26. The third kappa shape index (κ3) is 3.10. The minimum absolute atomic E-state index is 0.554. The first-order chi connectivity index (χ1) is 8.74. The largest absolute Gasteiger partial charge is 0.305 e. The third-order valence-electron chi connectivity index (χ3n) is 2.84. The molecule has 4 nitrogen and oxygen atoms in total. The van der Waals surface area contributed by atoms with Gasteiger partial charge >= 0.3 is 0 Å². The number of carbonyl (C=O) groups is 1. The van der Waals surface area contributed by atoms with Crippen LogP contribution in [0.4, 0.5) is 5.13 Å². The van der Waals surface area contributed by atoms with Crippen molar-refractivity contribution in [3.8, 4) is 0 Å². The zero-order valence-corrected chi connectivity index (χ0v) is 11.9. The van der Waals surface area contributed by atoms with Crippen LogP contribution in [-0.2, 0) is 4.79 Å². The summed E-state index contributed by atoms with van der Waals surface area (Å²) < 4.78 is 0.643. The van der Waals surface area contributed by atoms with Crippen LogP contribution in [0.25, 0.3) is 5.57 Å². The number of amides is 1. The van der Waals surface area contributed by atoms with Crippen LogP contribution in [0.1, 0.15) is 25.5 Å². The molecule has 0 aliphatic carbocycles. The summed E-state index contributed by atoms with van der Waals surface area (Å²) in [6, 6.07) is 0. The fourth-order valence-corrected chi connectivity index (χ4v) is 3.17. The van der Waals surface area contributed by atoms with Gasteiger partial charge in [0.15, 0.2) is 5.13 Å². The van der Waals surface area contributed by atoms with E-state index in [9.17, 15) is 4.79 Å². The summed E-state index contributed by atoms with van der Waals surface area (Å²) in [4.78, 5) is 17.2. The topological polar surface area (TPSA) is 45.2 Å². The van der Waals surface area contributed by atoms with Crippen LogP contribution in [0, 0.1) is 0 Å². The van der Waals surface area contributed by atoms with Gasteiger partial charge < -0.3 is 5.32 Å². The van der Waals surface area contributed by atoms with E-state index < -0.39 is 0 Å². The molecule has 2 rings (SSSR count). The number of nitrogens with one attached hydrogen (secondary N) is 1. The van der Waals surface area contributed by atoms with Gasteiger partial charge in [-0.25, -0.2) is 4.98 Å². The molecule has 2 heterocycles. The van der Waals surface area contributed by atoms with Gasteiger partial charge in [-0.3, -0.25) is 9.69 Å². The highest BCUT2D eigenvalue weighted by Crippen LogP contribution is 2.33. The molecular formula is C12H16ClN3OS. The molecule has 0 unspecified atom stereocenters. The van der Waals surface area contributed by atoms with Crippen molar-refractivity contribution in [2.24, 2.45) is 0 Å². The molecule has 1 aromatic rings. The molecule has 18 heavy (non-hydrogen) atoms. The number of hydrogen-bond acceptors (Lipinski definition) is 4. The molecular weight excluding hydrogens is 270 g/mol. The zero-order chi connectivity index (χ0) is 13.0. The Balaban J connectivity index is 2.15. The van der Waals surface area contributed by atoms with Crippen LogP contribution >= 0.6 is 22.9 Å². The van der Waals surface area contributed by atoms with Crippen LogP contribution in [0.2, 0.25) is 4.34 Å². The van der Waals surface area contributed by atoms with E-state index in [1.807, 2.05) is 0 Å². The minimum Gasteiger partial charge on any atom is -0.305 e. The molecule has 1 aliphatic rings. The number of carbonyl (C=O) groups excluding carboxylic acids is 1. The second kappa shape index (κ2) is 6.31. The molecule has 0 radical (unpaired) electrons. The van der Waals surface area contributed by atoms with Gasteiger partial charge in [0.05, 0.1) is 5.69 Å². The maximum absolute atomic E-state index is 10.4. The SMILES string of the molecule is CCCN1CCC=C(c2nc(NC=O)sc2Cl)C1. The fraction of sp³-hybridized carbons (Fsp3) is 0.500. The van der Waals surface area contributed by atoms with Crippen molar-refractivity contribution in [1.29, 1.82) is 0 Å². The lowest BCUT2D eigenvalue weighted by molar-refractivity contribution is -0.105. The first-order valence-electron chi connectivity index (χ1n) is 6.03. The zero-order valence-electron chi connectivity index (χ0n) is 10.3. The highest BCUT2D eigenvalue weighted by Gasteiger charge is 2.18. The minimum atomic E-state index is 0.554. The molecule has 6 heteroatoms. The Morgan fingerprint density at radius 3 is 3.22 bits per heavy atom. The summed E-state index contributed by atoms with van der Waals surface area (Å²) in [5.41, 5.74) is 1.97. The Labute approximate surface area is 116 Å². The number of halogens is 1. The Hall–Kier alpha value is -0.910. The summed E-state index contributed by atoms with van der Waals surface area (Å²) in [6.07, 6.45) is 4.99. The molecule has 0 spiro atoms. The van der Waals surface area contributed by atoms with E-state index >= 15 is 0 Å². The maximum atomic E-state index is 10.4. The van der Waals surface area contributed by atoms with Crippen molar-refractivity contribution in [1.82, 2.24) is 9.88 Å². The molecule has 1 amide bonds. The molecule has 1 aromatic heterocycles. The van der Waals surface area contributed by atoms with E-state index in [2.05, 4.69) is 28.2 Å². The smallest absolute Gasteiger partial charge is 0.213 e. The van der Waals surface area contributed by atoms with Gasteiger partial charge in [-0.05, 0) is 25.0 Å². The third-order valence-corrected chi connectivity index (χ3v) is 4.03. The summed E-state index contributed by atoms with van der Waals surface area (Å²) >= 11 is 7.48. The van der Waals surface area contributed by atoms with Crippen molar-refractivity contribution >= 4 is 40.1 Å². The predicted molar refractivity (Wildman–Crippen MR) is 76.1 cm³/mol. The van der Waals surface area contributed by atoms with Gasteiger partial charge in [-0.1, -0.05) is 35.9 Å². The highest BCUT2D eigenvalue weighted by molar-refractivity contribution is 7.19. The van der Waals surface area contributed by atoms with Gasteiger partial charge in [-0.2, -0.15) is 0 Å². The highest BCUT2D eigenvalue weighted by atomic mass is 35.5. The lowest BCUT2D eigenvalue weighted by Gasteiger charge is -2.26. The summed E-state index contributed by atoms with van der Waals surface area (Å²) in [5.74, 6) is 0. The lowest BCUT2D eigenvalue weighted by Crippen LogP contribution is -2.30. The molecule has 0 fully saturated rings. The van der Waals surface area contributed by atoms with Crippen LogP contribution < -0.4 is 5.32 Å². The summed E-state index contributed by atoms with van der Waals surface area (Å²) in [5, 5.41) is 3.10. The van der Waals surface area contributed by atoms with Crippen LogP contribution in [0.5, 0.6) is 0 Å². The molecule has 0 aromatic carbocycles. The quantitative estimate of drug-likeness (QED) is 0.846. The van der Waals surface area contributed by atoms with E-state index in [0.29, 0.717) is 15.9 Å². The number of aromatic nitrogens is 1. The Bertz CT molecular complexity index is 458. The second-order valence-corrected chi connectivity index (χ2v) is 5.80. The molecule has 1 N–H and O–H groups in total. The Morgan fingerprint density at radius 2 is 2.50 bits per heavy atom. The van der Waals surface area contributed by atoms with Crippen molar-refractivity contribution < 1.29 is 4.79 Å². The average Bonchev–Trinajstić information content (AvgIpc) is 2.72. The van der Waals surface area contributed by atoms with Crippen LogP contribution in [0.15, 0.2) is 6.08 Å². The van der Waals surface area contributed by atoms with Crippen molar-refractivity contribution in [3.63, 3.8) is 0 Å². The fourth-order valence-electron chi connectivity index (χ4n) is 2.10. The number of hydrogen-bond donors (Lipinski definition) is 1. The van der Waals surface area contributed by atoms with Crippen molar-refractivity contribution in [2.75, 3.05) is 25.0 Å². The van der Waals surface area contributed by atoms with Gasteiger partial charge in [-0.15, -0.1) is 0 Å². The number of nitrogens with zero attached hydrogens (tertiary/aromatic N) is 2. The number of thiazole rings is 1. The van der Waals surface area contributed by atoms with Crippen LogP contribution in [0.3, 0.4) is 0 Å². The van der Waals surface area contributed by atoms with Crippen LogP contribution in [-0.4, -0.2) is 35.9 Å². The van der Waals surface area contributed by atoms with E-state index in [4.69, 9.17) is 11.6 Å². The number of anilines is 1. The maximum Gasteiger partial charge on any atom is 0.213 e. The first kappa shape index (κ1) is 13.5. The lowest BCUT2D eigenvalue weighted by atomic mass is 10.1. The van der Waals surface area contributed by atoms with E-state index in [-0.39, 0.29) is 0 Å².